The Morgan fingerprint density at radius 2 is 2.33 bits per heavy atom. The third-order valence-corrected chi connectivity index (χ3v) is 2.56. The highest BCUT2D eigenvalue weighted by atomic mass is 32.2. The van der Waals surface area contributed by atoms with Crippen molar-refractivity contribution < 1.29 is 14.6 Å². The quantitative estimate of drug-likeness (QED) is 0.621. The van der Waals surface area contributed by atoms with Crippen molar-refractivity contribution in [3.63, 3.8) is 0 Å². The molecule has 1 N–H and O–H groups in total. The van der Waals surface area contributed by atoms with Crippen LogP contribution in [0.25, 0.3) is 0 Å². The van der Waals surface area contributed by atoms with Crippen LogP contribution in [0.1, 0.15) is 13.8 Å². The summed E-state index contributed by atoms with van der Waals surface area (Å²) in [5.74, 6) is 0.573. The summed E-state index contributed by atoms with van der Waals surface area (Å²) >= 11 is 1.62. The second-order valence-corrected chi connectivity index (χ2v) is 3.66. The molecular weight excluding hydrogens is 176 g/mol. The summed E-state index contributed by atoms with van der Waals surface area (Å²) in [4.78, 5) is 10.4. The number of ether oxygens (including phenoxy) is 1. The smallest absolute Gasteiger partial charge is 0.307 e. The third kappa shape index (κ3) is 6.49. The van der Waals surface area contributed by atoms with Crippen molar-refractivity contribution in [2.45, 2.75) is 13.8 Å². The summed E-state index contributed by atoms with van der Waals surface area (Å²) in [6.07, 6.45) is 0. The maximum Gasteiger partial charge on any atom is 0.307 e. The van der Waals surface area contributed by atoms with Crippen molar-refractivity contribution in [3.05, 3.63) is 0 Å². The predicted molar refractivity (Wildman–Crippen MR) is 50.6 cm³/mol. The first-order valence-corrected chi connectivity index (χ1v) is 5.22. The Morgan fingerprint density at radius 3 is 2.83 bits per heavy atom. The minimum absolute atomic E-state index is 0.253. The van der Waals surface area contributed by atoms with E-state index in [-0.39, 0.29) is 5.92 Å². The number of hydrogen-bond donors (Lipinski definition) is 1. The molecule has 0 aromatic rings. The number of aliphatic carboxylic acids is 1. The van der Waals surface area contributed by atoms with Crippen LogP contribution in [0.15, 0.2) is 0 Å². The summed E-state index contributed by atoms with van der Waals surface area (Å²) in [7, 11) is 0. The highest BCUT2D eigenvalue weighted by Crippen LogP contribution is 2.07. The Bertz CT molecular complexity index is 127. The molecule has 0 fully saturated rings. The zero-order valence-electron chi connectivity index (χ0n) is 7.58. The molecule has 0 rings (SSSR count). The normalized spacial score (nSPS) is 12.8. The van der Waals surface area contributed by atoms with Crippen molar-refractivity contribution in [1.29, 1.82) is 0 Å². The van der Waals surface area contributed by atoms with Gasteiger partial charge in [0.25, 0.3) is 0 Å². The molecule has 0 saturated carbocycles. The van der Waals surface area contributed by atoms with Crippen molar-refractivity contribution >= 4 is 17.7 Å². The van der Waals surface area contributed by atoms with Crippen molar-refractivity contribution in [3.8, 4) is 0 Å². The molecule has 0 spiro atoms. The van der Waals surface area contributed by atoms with E-state index in [4.69, 9.17) is 9.84 Å². The molecular formula is C8H16O3S. The number of thioether (sulfide) groups is 1. The molecule has 0 aromatic heterocycles. The first kappa shape index (κ1) is 11.8. The second kappa shape index (κ2) is 7.43. The van der Waals surface area contributed by atoms with Crippen molar-refractivity contribution in [2.75, 3.05) is 24.7 Å². The lowest BCUT2D eigenvalue weighted by Gasteiger charge is -2.05. The molecule has 0 amide bonds. The summed E-state index contributed by atoms with van der Waals surface area (Å²) in [5.41, 5.74) is 0. The maximum atomic E-state index is 10.4. The van der Waals surface area contributed by atoms with Crippen LogP contribution in [0, 0.1) is 5.92 Å². The van der Waals surface area contributed by atoms with Crippen LogP contribution in [0.5, 0.6) is 0 Å². The van der Waals surface area contributed by atoms with E-state index < -0.39 is 5.97 Å². The monoisotopic (exact) mass is 192 g/mol. The van der Waals surface area contributed by atoms with Crippen LogP contribution in [0.3, 0.4) is 0 Å². The molecule has 72 valence electrons. The van der Waals surface area contributed by atoms with Crippen LogP contribution in [-0.2, 0) is 9.53 Å². The van der Waals surface area contributed by atoms with E-state index >= 15 is 0 Å². The highest BCUT2D eigenvalue weighted by Gasteiger charge is 2.09. The number of rotatable bonds is 7. The minimum Gasteiger partial charge on any atom is -0.481 e. The highest BCUT2D eigenvalue weighted by molar-refractivity contribution is 7.99. The van der Waals surface area contributed by atoms with Gasteiger partial charge in [0.1, 0.15) is 0 Å². The van der Waals surface area contributed by atoms with Gasteiger partial charge in [0.05, 0.1) is 12.5 Å². The molecule has 0 radical (unpaired) electrons. The molecule has 0 bridgehead atoms. The van der Waals surface area contributed by atoms with E-state index in [0.717, 1.165) is 12.4 Å². The SMILES string of the molecule is CCOCCSCC(C)C(=O)O. The summed E-state index contributed by atoms with van der Waals surface area (Å²) < 4.78 is 5.11. The fourth-order valence-electron chi connectivity index (χ4n) is 0.594. The fourth-order valence-corrected chi connectivity index (χ4v) is 1.49. The van der Waals surface area contributed by atoms with E-state index in [2.05, 4.69) is 0 Å². The first-order valence-electron chi connectivity index (χ1n) is 4.06. The molecule has 1 unspecified atom stereocenters. The molecule has 12 heavy (non-hydrogen) atoms. The van der Waals surface area contributed by atoms with Crippen LogP contribution in [-0.4, -0.2) is 35.8 Å². The average molecular weight is 192 g/mol. The summed E-state index contributed by atoms with van der Waals surface area (Å²) in [6, 6.07) is 0. The summed E-state index contributed by atoms with van der Waals surface area (Å²) in [5, 5.41) is 8.54. The molecule has 0 aliphatic rings. The van der Waals surface area contributed by atoms with Gasteiger partial charge in [-0.05, 0) is 6.92 Å². The fraction of sp³-hybridized carbons (Fsp3) is 0.875. The van der Waals surface area contributed by atoms with Crippen LogP contribution >= 0.6 is 11.8 Å². The molecule has 0 heterocycles. The molecule has 3 nitrogen and oxygen atoms in total. The zero-order chi connectivity index (χ0) is 9.40. The van der Waals surface area contributed by atoms with Gasteiger partial charge in [-0.2, -0.15) is 11.8 Å². The molecule has 1 atom stereocenters. The molecule has 0 aliphatic heterocycles. The summed E-state index contributed by atoms with van der Waals surface area (Å²) in [6.45, 7) is 5.11. The minimum atomic E-state index is -0.723. The molecule has 0 aliphatic carbocycles. The standard InChI is InChI=1S/C8H16O3S/c1-3-11-4-5-12-6-7(2)8(9)10/h7H,3-6H2,1-2H3,(H,9,10). The van der Waals surface area contributed by atoms with Gasteiger partial charge in [0.15, 0.2) is 0 Å². The largest absolute Gasteiger partial charge is 0.481 e. The topological polar surface area (TPSA) is 46.5 Å². The number of carboxylic acid groups (broad SMARTS) is 1. The van der Waals surface area contributed by atoms with E-state index in [0.29, 0.717) is 12.4 Å². The Balaban J connectivity index is 3.14. The molecule has 0 saturated heterocycles. The van der Waals surface area contributed by atoms with Gasteiger partial charge in [-0.3, -0.25) is 4.79 Å². The van der Waals surface area contributed by atoms with Crippen LogP contribution < -0.4 is 0 Å². The van der Waals surface area contributed by atoms with E-state index in [9.17, 15) is 4.79 Å². The van der Waals surface area contributed by atoms with Gasteiger partial charge in [-0.15, -0.1) is 0 Å². The Hall–Kier alpha value is -0.220. The lowest BCUT2D eigenvalue weighted by Crippen LogP contribution is -2.12. The van der Waals surface area contributed by atoms with Gasteiger partial charge < -0.3 is 9.84 Å². The Morgan fingerprint density at radius 1 is 1.67 bits per heavy atom. The van der Waals surface area contributed by atoms with E-state index in [1.807, 2.05) is 6.92 Å². The van der Waals surface area contributed by atoms with E-state index in [1.54, 1.807) is 18.7 Å². The first-order chi connectivity index (χ1) is 5.68. The Labute approximate surface area is 77.5 Å². The number of hydrogen-bond acceptors (Lipinski definition) is 3. The predicted octanol–water partition coefficient (Wildman–Crippen LogP) is 1.48. The van der Waals surface area contributed by atoms with Gasteiger partial charge in [0, 0.05) is 18.1 Å². The lowest BCUT2D eigenvalue weighted by molar-refractivity contribution is -0.140. The lowest BCUT2D eigenvalue weighted by atomic mass is 10.2. The van der Waals surface area contributed by atoms with Gasteiger partial charge in [0.2, 0.25) is 0 Å². The number of carboxylic acids is 1. The Kier molecular flexibility index (Phi) is 7.29. The second-order valence-electron chi connectivity index (χ2n) is 2.51. The van der Waals surface area contributed by atoms with Crippen molar-refractivity contribution in [2.24, 2.45) is 5.92 Å². The van der Waals surface area contributed by atoms with Crippen LogP contribution in [0.4, 0.5) is 0 Å². The maximum absolute atomic E-state index is 10.4. The molecule has 0 aromatic carbocycles. The van der Waals surface area contributed by atoms with Gasteiger partial charge in [-0.1, -0.05) is 6.92 Å². The number of carbonyl (C=O) groups is 1. The van der Waals surface area contributed by atoms with Gasteiger partial charge >= 0.3 is 5.97 Å². The van der Waals surface area contributed by atoms with E-state index in [1.165, 1.54) is 0 Å². The van der Waals surface area contributed by atoms with Crippen molar-refractivity contribution in [1.82, 2.24) is 0 Å². The van der Waals surface area contributed by atoms with Crippen LogP contribution in [0.2, 0.25) is 0 Å². The third-order valence-electron chi connectivity index (χ3n) is 1.37. The molecule has 4 heteroatoms. The zero-order valence-corrected chi connectivity index (χ0v) is 8.39. The average Bonchev–Trinajstić information content (AvgIpc) is 2.03. The van der Waals surface area contributed by atoms with Gasteiger partial charge in [-0.25, -0.2) is 0 Å².